The zero-order valence-electron chi connectivity index (χ0n) is 15.2. The summed E-state index contributed by atoms with van der Waals surface area (Å²) in [6.07, 6.45) is 0. The van der Waals surface area contributed by atoms with Crippen molar-refractivity contribution < 1.29 is 4.52 Å². The number of pyridine rings is 1. The molecule has 0 spiro atoms. The maximum atomic E-state index is 5.17. The Morgan fingerprint density at radius 3 is 2.11 bits per heavy atom. The van der Waals surface area contributed by atoms with Crippen molar-refractivity contribution in [2.75, 3.05) is 0 Å². The van der Waals surface area contributed by atoms with Crippen molar-refractivity contribution in [3.05, 3.63) is 103 Å². The summed E-state index contributed by atoms with van der Waals surface area (Å²) < 4.78 is 2.09. The minimum atomic E-state index is 1.02. The molecule has 0 saturated heterocycles. The highest BCUT2D eigenvalue weighted by Crippen LogP contribution is 2.34. The molecule has 28 heavy (non-hydrogen) atoms. The standard InChI is InChI=1S/C26H17N2/c1-2-10-20(11-3-1)26-25-21-12-6-4-8-18(21)14-16-22(25)24-17-15-19-9-5-7-13-23(19)28(24)27-26/h1-17H/q+1. The van der Waals surface area contributed by atoms with E-state index in [9.17, 15) is 0 Å². The van der Waals surface area contributed by atoms with Crippen LogP contribution in [0.3, 0.4) is 0 Å². The third-order valence-electron chi connectivity index (χ3n) is 5.50. The lowest BCUT2D eigenvalue weighted by Crippen LogP contribution is -2.28. The van der Waals surface area contributed by atoms with Crippen LogP contribution < -0.4 is 4.52 Å². The zero-order valence-corrected chi connectivity index (χ0v) is 15.2. The highest BCUT2D eigenvalue weighted by atomic mass is 15.2. The van der Waals surface area contributed by atoms with Gasteiger partial charge in [0.05, 0.1) is 5.39 Å². The number of fused-ring (bicyclic) bond motifs is 7. The Hall–Kier alpha value is -3.78. The summed E-state index contributed by atoms with van der Waals surface area (Å²) in [5, 5.41) is 11.3. The van der Waals surface area contributed by atoms with Crippen molar-refractivity contribution in [1.82, 2.24) is 5.10 Å². The number of para-hydroxylation sites is 1. The van der Waals surface area contributed by atoms with Gasteiger partial charge in [-0.25, -0.2) is 0 Å². The third-order valence-corrected chi connectivity index (χ3v) is 5.50. The van der Waals surface area contributed by atoms with Gasteiger partial charge in [-0.05, 0) is 33.5 Å². The number of benzene rings is 4. The maximum Gasteiger partial charge on any atom is 0.246 e. The number of hydrogen-bond acceptors (Lipinski definition) is 1. The molecule has 0 unspecified atom stereocenters. The summed E-state index contributed by atoms with van der Waals surface area (Å²) >= 11 is 0. The molecule has 0 N–H and O–H groups in total. The topological polar surface area (TPSA) is 17.0 Å². The Morgan fingerprint density at radius 2 is 1.21 bits per heavy atom. The van der Waals surface area contributed by atoms with Gasteiger partial charge in [-0.1, -0.05) is 72.8 Å². The van der Waals surface area contributed by atoms with Gasteiger partial charge in [0.1, 0.15) is 5.69 Å². The molecule has 4 aromatic carbocycles. The van der Waals surface area contributed by atoms with E-state index in [-0.39, 0.29) is 0 Å². The first-order valence-electron chi connectivity index (χ1n) is 9.51. The largest absolute Gasteiger partial charge is 0.246 e. The van der Waals surface area contributed by atoms with E-state index < -0.39 is 0 Å². The van der Waals surface area contributed by atoms with Gasteiger partial charge in [0, 0.05) is 33.6 Å². The second kappa shape index (κ2) is 5.86. The fraction of sp³-hybridized carbons (Fsp3) is 0. The van der Waals surface area contributed by atoms with Crippen molar-refractivity contribution >= 4 is 38.0 Å². The molecular weight excluding hydrogens is 340 g/mol. The summed E-state index contributed by atoms with van der Waals surface area (Å²) in [6, 6.07) is 36.3. The van der Waals surface area contributed by atoms with Crippen molar-refractivity contribution in [3.8, 4) is 11.3 Å². The van der Waals surface area contributed by atoms with E-state index in [0.29, 0.717) is 0 Å². The second-order valence-electron chi connectivity index (χ2n) is 7.11. The van der Waals surface area contributed by atoms with Crippen LogP contribution in [0, 0.1) is 0 Å². The van der Waals surface area contributed by atoms with Gasteiger partial charge in [-0.2, -0.15) is 0 Å². The highest BCUT2D eigenvalue weighted by molar-refractivity contribution is 6.16. The van der Waals surface area contributed by atoms with Crippen molar-refractivity contribution in [1.29, 1.82) is 0 Å². The van der Waals surface area contributed by atoms with E-state index in [4.69, 9.17) is 5.10 Å². The summed E-state index contributed by atoms with van der Waals surface area (Å²) in [7, 11) is 0. The number of hydrogen-bond donors (Lipinski definition) is 0. The average molecular weight is 357 g/mol. The molecule has 0 atom stereocenters. The van der Waals surface area contributed by atoms with Crippen LogP contribution in [0.1, 0.15) is 0 Å². The van der Waals surface area contributed by atoms with E-state index >= 15 is 0 Å². The molecule has 0 aliphatic carbocycles. The van der Waals surface area contributed by atoms with Gasteiger partial charge in [-0.3, -0.25) is 0 Å². The lowest BCUT2D eigenvalue weighted by Gasteiger charge is -2.09. The smallest absolute Gasteiger partial charge is 0.0622 e. The minimum absolute atomic E-state index is 1.02. The van der Waals surface area contributed by atoms with Gasteiger partial charge in [-0.15, -0.1) is 0 Å². The molecular formula is C26H17N2+. The van der Waals surface area contributed by atoms with E-state index in [1.165, 1.54) is 26.9 Å². The summed E-state index contributed by atoms with van der Waals surface area (Å²) in [6.45, 7) is 0. The Bertz CT molecular complexity index is 1500. The van der Waals surface area contributed by atoms with Gasteiger partial charge >= 0.3 is 0 Å². The van der Waals surface area contributed by atoms with Crippen LogP contribution in [0.2, 0.25) is 0 Å². The molecule has 0 amide bonds. The number of nitrogens with zero attached hydrogens (tertiary/aromatic N) is 2. The quantitative estimate of drug-likeness (QED) is 0.263. The molecule has 0 bridgehead atoms. The third kappa shape index (κ3) is 2.15. The molecule has 0 aliphatic heterocycles. The highest BCUT2D eigenvalue weighted by Gasteiger charge is 2.20. The van der Waals surface area contributed by atoms with E-state index in [1.54, 1.807) is 0 Å². The minimum Gasteiger partial charge on any atom is -0.0622 e. The lowest BCUT2D eigenvalue weighted by atomic mass is 9.97. The lowest BCUT2D eigenvalue weighted by molar-refractivity contribution is -0.550. The molecule has 0 radical (unpaired) electrons. The molecule has 2 heterocycles. The van der Waals surface area contributed by atoms with E-state index in [1.807, 2.05) is 6.07 Å². The summed E-state index contributed by atoms with van der Waals surface area (Å²) in [5.41, 5.74) is 4.39. The van der Waals surface area contributed by atoms with Crippen LogP contribution in [0.15, 0.2) is 103 Å². The molecule has 2 heteroatoms. The fourth-order valence-electron chi connectivity index (χ4n) is 4.19. The predicted octanol–water partition coefficient (Wildman–Crippen LogP) is 5.95. The SMILES string of the molecule is c1ccc(-c2n[n+]3c4ccccc4ccc3c3ccc4ccccc4c23)cc1. The Morgan fingerprint density at radius 1 is 0.500 bits per heavy atom. The molecule has 0 saturated carbocycles. The van der Waals surface area contributed by atoms with Crippen LogP contribution in [0.5, 0.6) is 0 Å². The number of aromatic nitrogens is 2. The van der Waals surface area contributed by atoms with Crippen LogP contribution in [-0.4, -0.2) is 5.10 Å². The average Bonchev–Trinajstić information content (AvgIpc) is 2.78. The van der Waals surface area contributed by atoms with Gasteiger partial charge in [0.15, 0.2) is 0 Å². The van der Waals surface area contributed by atoms with Crippen molar-refractivity contribution in [2.24, 2.45) is 0 Å². The first-order valence-corrected chi connectivity index (χ1v) is 9.51. The molecule has 130 valence electrons. The summed E-state index contributed by atoms with van der Waals surface area (Å²) in [4.78, 5) is 0. The molecule has 6 aromatic rings. The normalized spacial score (nSPS) is 11.6. The summed E-state index contributed by atoms with van der Waals surface area (Å²) in [5.74, 6) is 0. The van der Waals surface area contributed by atoms with Crippen LogP contribution >= 0.6 is 0 Å². The van der Waals surface area contributed by atoms with Gasteiger partial charge < -0.3 is 0 Å². The zero-order chi connectivity index (χ0) is 18.5. The van der Waals surface area contributed by atoms with Gasteiger partial charge in [0.25, 0.3) is 0 Å². The molecule has 6 rings (SSSR count). The van der Waals surface area contributed by atoms with Crippen molar-refractivity contribution in [2.45, 2.75) is 0 Å². The monoisotopic (exact) mass is 357 g/mol. The second-order valence-corrected chi connectivity index (χ2v) is 7.11. The number of rotatable bonds is 1. The van der Waals surface area contributed by atoms with Crippen LogP contribution in [-0.2, 0) is 0 Å². The Labute approximate surface area is 162 Å². The molecule has 0 fully saturated rings. The Kier molecular flexibility index (Phi) is 3.20. The van der Waals surface area contributed by atoms with Crippen LogP contribution in [0.25, 0.3) is 49.2 Å². The molecule has 2 aromatic heterocycles. The van der Waals surface area contributed by atoms with E-state index in [0.717, 1.165) is 22.3 Å². The van der Waals surface area contributed by atoms with E-state index in [2.05, 4.69) is 102 Å². The first-order chi connectivity index (χ1) is 13.9. The first kappa shape index (κ1) is 15.3. The Balaban J connectivity index is 1.91. The van der Waals surface area contributed by atoms with Crippen LogP contribution in [0.4, 0.5) is 0 Å². The van der Waals surface area contributed by atoms with Gasteiger partial charge in [0.2, 0.25) is 11.0 Å². The maximum absolute atomic E-state index is 5.17. The molecule has 0 aliphatic rings. The fourth-order valence-corrected chi connectivity index (χ4v) is 4.19. The predicted molar refractivity (Wildman–Crippen MR) is 115 cm³/mol. The molecule has 2 nitrogen and oxygen atoms in total. The van der Waals surface area contributed by atoms with Crippen molar-refractivity contribution in [3.63, 3.8) is 0 Å².